The van der Waals surface area contributed by atoms with Crippen LogP contribution in [0.15, 0.2) is 42.5 Å². The normalized spacial score (nSPS) is 13.6. The smallest absolute Gasteiger partial charge is 0.326 e. The van der Waals surface area contributed by atoms with Crippen LogP contribution in [-0.4, -0.2) is 34.6 Å². The van der Waals surface area contributed by atoms with Gasteiger partial charge in [0.25, 0.3) is 5.91 Å². The summed E-state index contributed by atoms with van der Waals surface area (Å²) in [5.74, 6) is -1.36. The van der Waals surface area contributed by atoms with Gasteiger partial charge in [0, 0.05) is 28.4 Å². The number of carboxylic acids is 1. The second-order valence-electron chi connectivity index (χ2n) is 8.25. The number of amides is 1. The number of aliphatic carboxylic acids is 1. The molecule has 0 aliphatic carbocycles. The van der Waals surface area contributed by atoms with Gasteiger partial charge < -0.3 is 15.7 Å². The van der Waals surface area contributed by atoms with Crippen LogP contribution in [0.2, 0.25) is 5.02 Å². The van der Waals surface area contributed by atoms with E-state index in [1.807, 2.05) is 12.1 Å². The number of fused-ring (bicyclic) bond motifs is 1. The van der Waals surface area contributed by atoms with E-state index in [4.69, 9.17) is 16.6 Å². The van der Waals surface area contributed by atoms with E-state index in [0.29, 0.717) is 0 Å². The van der Waals surface area contributed by atoms with Crippen molar-refractivity contribution >= 4 is 40.6 Å². The first-order valence-corrected chi connectivity index (χ1v) is 12.4. The Morgan fingerprint density at radius 2 is 2.00 bits per heavy atom. The van der Waals surface area contributed by atoms with Gasteiger partial charge in [-0.15, -0.1) is 11.3 Å². The number of nitrogens with one attached hydrogen (secondary N) is 2. The molecule has 178 valence electrons. The molecule has 0 spiro atoms. The first-order chi connectivity index (χ1) is 16.4. The van der Waals surface area contributed by atoms with Gasteiger partial charge in [-0.1, -0.05) is 17.7 Å². The zero-order chi connectivity index (χ0) is 24.1. The lowest BCUT2D eigenvalue weighted by Crippen LogP contribution is -2.42. The molecule has 0 saturated carbocycles. The summed E-state index contributed by atoms with van der Waals surface area (Å²) in [7, 11) is 0. The molecule has 6 nitrogen and oxygen atoms in total. The molecule has 9 heteroatoms. The summed E-state index contributed by atoms with van der Waals surface area (Å²) in [6.07, 6.45) is 5.04. The van der Waals surface area contributed by atoms with Crippen molar-refractivity contribution in [2.75, 3.05) is 11.9 Å². The molecule has 0 saturated heterocycles. The molecule has 0 unspecified atom stereocenters. The lowest BCUT2D eigenvalue weighted by molar-refractivity contribution is -0.139. The fourth-order valence-corrected chi connectivity index (χ4v) is 5.29. The number of aryl methyl sites for hydroxylation is 3. The molecular formula is C25H25ClFN3O3S. The summed E-state index contributed by atoms with van der Waals surface area (Å²) in [5, 5.41) is 15.4. The Hall–Kier alpha value is -2.97. The van der Waals surface area contributed by atoms with E-state index in [-0.39, 0.29) is 17.0 Å². The second kappa shape index (κ2) is 11.0. The number of hydrogen-bond donors (Lipinski definition) is 3. The number of benzene rings is 1. The fourth-order valence-electron chi connectivity index (χ4n) is 3.93. The van der Waals surface area contributed by atoms with Gasteiger partial charge in [-0.3, -0.25) is 4.79 Å². The highest BCUT2D eigenvalue weighted by atomic mass is 35.5. The van der Waals surface area contributed by atoms with Crippen LogP contribution in [0, 0.1) is 5.82 Å². The molecule has 1 atom stereocenters. The molecule has 0 bridgehead atoms. The number of carbonyl (C=O) groups is 2. The van der Waals surface area contributed by atoms with E-state index in [1.54, 1.807) is 11.3 Å². The van der Waals surface area contributed by atoms with E-state index in [9.17, 15) is 19.1 Å². The van der Waals surface area contributed by atoms with Crippen LogP contribution in [0.25, 0.3) is 0 Å². The molecule has 1 aliphatic rings. The molecule has 34 heavy (non-hydrogen) atoms. The van der Waals surface area contributed by atoms with Crippen molar-refractivity contribution < 1.29 is 19.1 Å². The number of thiophene rings is 1. The summed E-state index contributed by atoms with van der Waals surface area (Å²) in [4.78, 5) is 30.9. The number of rotatable bonds is 9. The Morgan fingerprint density at radius 3 is 2.79 bits per heavy atom. The Labute approximate surface area is 206 Å². The van der Waals surface area contributed by atoms with Crippen molar-refractivity contribution in [3.05, 3.63) is 79.9 Å². The van der Waals surface area contributed by atoms with Crippen molar-refractivity contribution in [2.24, 2.45) is 0 Å². The third kappa shape index (κ3) is 6.12. The zero-order valence-corrected chi connectivity index (χ0v) is 20.0. The van der Waals surface area contributed by atoms with Gasteiger partial charge in [-0.05, 0) is 74.1 Å². The Balaban J connectivity index is 1.31. The van der Waals surface area contributed by atoms with Crippen LogP contribution in [0.5, 0.6) is 0 Å². The summed E-state index contributed by atoms with van der Waals surface area (Å²) in [5.41, 5.74) is 2.38. The van der Waals surface area contributed by atoms with Gasteiger partial charge in [0.05, 0.1) is 10.6 Å². The fraction of sp³-hybridized carbons (Fsp3) is 0.320. The highest BCUT2D eigenvalue weighted by Crippen LogP contribution is 2.23. The topological polar surface area (TPSA) is 91.3 Å². The highest BCUT2D eigenvalue weighted by Gasteiger charge is 2.23. The molecule has 0 fully saturated rings. The van der Waals surface area contributed by atoms with Crippen LogP contribution in [0.3, 0.4) is 0 Å². The number of aromatic nitrogens is 1. The van der Waals surface area contributed by atoms with Crippen LogP contribution in [0.1, 0.15) is 44.2 Å². The Kier molecular flexibility index (Phi) is 7.80. The zero-order valence-electron chi connectivity index (χ0n) is 18.4. The molecular weight excluding hydrogens is 477 g/mol. The van der Waals surface area contributed by atoms with Crippen molar-refractivity contribution in [2.45, 2.75) is 44.6 Å². The minimum atomic E-state index is -1.14. The number of anilines is 1. The van der Waals surface area contributed by atoms with Crippen LogP contribution >= 0.6 is 22.9 Å². The van der Waals surface area contributed by atoms with E-state index in [0.717, 1.165) is 72.0 Å². The molecule has 1 aromatic carbocycles. The Morgan fingerprint density at radius 1 is 1.18 bits per heavy atom. The van der Waals surface area contributed by atoms with Crippen LogP contribution in [-0.2, 0) is 30.5 Å². The Bertz CT molecular complexity index is 1200. The minimum Gasteiger partial charge on any atom is -0.480 e. The van der Waals surface area contributed by atoms with Crippen molar-refractivity contribution in [3.8, 4) is 0 Å². The average Bonchev–Trinajstić information content (AvgIpc) is 3.25. The van der Waals surface area contributed by atoms with Gasteiger partial charge >= 0.3 is 5.97 Å². The lowest BCUT2D eigenvalue weighted by atomic mass is 10.1. The van der Waals surface area contributed by atoms with Crippen molar-refractivity contribution in [1.29, 1.82) is 0 Å². The van der Waals surface area contributed by atoms with E-state index in [2.05, 4.69) is 22.8 Å². The van der Waals surface area contributed by atoms with Crippen LogP contribution < -0.4 is 10.6 Å². The summed E-state index contributed by atoms with van der Waals surface area (Å²) in [6, 6.07) is 10.4. The monoisotopic (exact) mass is 501 g/mol. The highest BCUT2D eigenvalue weighted by molar-refractivity contribution is 7.12. The molecule has 3 aromatic rings. The predicted molar refractivity (Wildman–Crippen MR) is 131 cm³/mol. The standard InChI is InChI=1S/C25H25ClFN3O3S/c26-21-13-16(27)7-11-20(21)24(31)30-22(25(32)33)14-19-10-9-18(34-19)5-1-4-17-8-6-15-3-2-12-28-23(15)29-17/h6-11,13,22H,1-5,12,14H2,(H,28,29)(H,30,31)(H,32,33)/t22-/m0/s1. The summed E-state index contributed by atoms with van der Waals surface area (Å²) >= 11 is 7.47. The minimum absolute atomic E-state index is 0.0344. The maximum Gasteiger partial charge on any atom is 0.326 e. The van der Waals surface area contributed by atoms with E-state index >= 15 is 0 Å². The van der Waals surface area contributed by atoms with Gasteiger partial charge in [-0.25, -0.2) is 14.2 Å². The summed E-state index contributed by atoms with van der Waals surface area (Å²) < 4.78 is 13.2. The van der Waals surface area contributed by atoms with E-state index in [1.165, 1.54) is 11.6 Å². The number of nitrogens with zero attached hydrogens (tertiary/aromatic N) is 1. The first kappa shape index (κ1) is 24.2. The molecule has 2 aromatic heterocycles. The molecule has 1 aliphatic heterocycles. The molecule has 3 heterocycles. The number of hydrogen-bond acceptors (Lipinski definition) is 5. The maximum atomic E-state index is 13.2. The van der Waals surface area contributed by atoms with Gasteiger partial charge in [0.1, 0.15) is 17.7 Å². The van der Waals surface area contributed by atoms with Gasteiger partial charge in [0.15, 0.2) is 0 Å². The van der Waals surface area contributed by atoms with E-state index < -0.39 is 23.7 Å². The molecule has 1 amide bonds. The largest absolute Gasteiger partial charge is 0.480 e. The predicted octanol–water partition coefficient (Wildman–Crippen LogP) is 4.89. The maximum absolute atomic E-state index is 13.2. The SMILES string of the molecule is O=C(N[C@@H](Cc1ccc(CCCc2ccc3c(n2)NCCC3)s1)C(=O)O)c1ccc(F)cc1Cl. The number of carbonyl (C=O) groups excluding carboxylic acids is 1. The molecule has 0 radical (unpaired) electrons. The van der Waals surface area contributed by atoms with Gasteiger partial charge in [0.2, 0.25) is 0 Å². The molecule has 3 N–H and O–H groups in total. The van der Waals surface area contributed by atoms with Gasteiger partial charge in [-0.2, -0.15) is 0 Å². The quantitative estimate of drug-likeness (QED) is 0.388. The number of halogens is 2. The average molecular weight is 502 g/mol. The molecule has 4 rings (SSSR count). The summed E-state index contributed by atoms with van der Waals surface area (Å²) in [6.45, 7) is 0.968. The number of carboxylic acid groups (broad SMARTS) is 1. The van der Waals surface area contributed by atoms with Crippen LogP contribution in [0.4, 0.5) is 10.2 Å². The lowest BCUT2D eigenvalue weighted by Gasteiger charge is -2.17. The third-order valence-corrected chi connectivity index (χ3v) is 7.19. The van der Waals surface area contributed by atoms with Crippen molar-refractivity contribution in [3.63, 3.8) is 0 Å². The third-order valence-electron chi connectivity index (χ3n) is 5.71. The second-order valence-corrected chi connectivity index (χ2v) is 9.91. The van der Waals surface area contributed by atoms with Crippen molar-refractivity contribution in [1.82, 2.24) is 10.3 Å². The number of pyridine rings is 1. The first-order valence-electron chi connectivity index (χ1n) is 11.2.